The number of hydrogen-bond acceptors (Lipinski definition) is 5. The lowest BCUT2D eigenvalue weighted by Gasteiger charge is -2.28. The minimum absolute atomic E-state index is 0.107. The van der Waals surface area contributed by atoms with Crippen molar-refractivity contribution < 1.29 is 0 Å². The molecule has 7 nitrogen and oxygen atoms in total. The molecule has 0 aliphatic carbocycles. The first-order valence-electron chi connectivity index (χ1n) is 10.2. The van der Waals surface area contributed by atoms with E-state index in [1.54, 1.807) is 12.4 Å². The topological polar surface area (TPSA) is 79.7 Å². The van der Waals surface area contributed by atoms with Gasteiger partial charge in [0.25, 0.3) is 5.56 Å². The van der Waals surface area contributed by atoms with Gasteiger partial charge in [-0.05, 0) is 29.8 Å². The summed E-state index contributed by atoms with van der Waals surface area (Å²) in [5, 5.41) is 1.11. The normalized spacial score (nSPS) is 13.8. The van der Waals surface area contributed by atoms with E-state index in [1.807, 2.05) is 24.3 Å². The van der Waals surface area contributed by atoms with Gasteiger partial charge in [0.1, 0.15) is 12.2 Å². The summed E-state index contributed by atoms with van der Waals surface area (Å²) < 4.78 is 2.19. The van der Waals surface area contributed by atoms with Crippen LogP contribution in [0.25, 0.3) is 11.4 Å². The summed E-state index contributed by atoms with van der Waals surface area (Å²) in [6, 6.07) is 9.83. The van der Waals surface area contributed by atoms with Gasteiger partial charge in [0.15, 0.2) is 0 Å². The highest BCUT2D eigenvalue weighted by Crippen LogP contribution is 2.24. The van der Waals surface area contributed by atoms with Crippen LogP contribution in [0.3, 0.4) is 0 Å². The SMILES string of the molecule is O=c1[nH]c(-c2cncnc2)nc2c1CN(Cc1cccn1Cc1ccc(Cl)c(Cl)c1)CC2. The molecule has 1 aliphatic heterocycles. The molecule has 4 heterocycles. The molecular formula is C23H20Cl2N6O. The number of fused-ring (bicyclic) bond motifs is 1. The van der Waals surface area contributed by atoms with Crippen molar-refractivity contribution >= 4 is 23.2 Å². The molecule has 1 N–H and O–H groups in total. The number of rotatable bonds is 5. The Bertz CT molecular complexity index is 1320. The van der Waals surface area contributed by atoms with E-state index in [0.717, 1.165) is 29.9 Å². The van der Waals surface area contributed by atoms with Crippen LogP contribution in [-0.4, -0.2) is 35.9 Å². The Labute approximate surface area is 194 Å². The Morgan fingerprint density at radius 2 is 1.91 bits per heavy atom. The summed E-state index contributed by atoms with van der Waals surface area (Å²) in [7, 11) is 0. The highest BCUT2D eigenvalue weighted by molar-refractivity contribution is 6.42. The fourth-order valence-corrected chi connectivity index (χ4v) is 4.31. The molecule has 1 aromatic carbocycles. The third kappa shape index (κ3) is 4.32. The standard InChI is InChI=1S/C23H20Cl2N6O/c24-19-4-3-15(8-20(19)25)11-31-6-1-2-17(31)12-30-7-5-21-18(13-30)23(32)29-22(28-21)16-9-26-14-27-10-16/h1-4,6,8-10,14H,5,7,11-13H2,(H,28,29,32). The van der Waals surface area contributed by atoms with E-state index in [-0.39, 0.29) is 5.56 Å². The van der Waals surface area contributed by atoms with Crippen LogP contribution in [0.2, 0.25) is 10.0 Å². The number of nitrogens with one attached hydrogen (secondary N) is 1. The molecule has 9 heteroatoms. The van der Waals surface area contributed by atoms with Crippen LogP contribution >= 0.6 is 23.2 Å². The molecule has 0 bridgehead atoms. The van der Waals surface area contributed by atoms with Gasteiger partial charge in [-0.15, -0.1) is 0 Å². The highest BCUT2D eigenvalue weighted by atomic mass is 35.5. The van der Waals surface area contributed by atoms with Crippen molar-refractivity contribution in [3.05, 3.63) is 98.2 Å². The monoisotopic (exact) mass is 466 g/mol. The van der Waals surface area contributed by atoms with Crippen LogP contribution in [0, 0.1) is 0 Å². The molecule has 0 atom stereocenters. The van der Waals surface area contributed by atoms with E-state index in [1.165, 1.54) is 12.0 Å². The van der Waals surface area contributed by atoms with Gasteiger partial charge in [0.2, 0.25) is 0 Å². The van der Waals surface area contributed by atoms with E-state index in [9.17, 15) is 4.79 Å². The molecule has 0 saturated carbocycles. The molecule has 0 unspecified atom stereocenters. The molecule has 0 fully saturated rings. The van der Waals surface area contributed by atoms with E-state index < -0.39 is 0 Å². The summed E-state index contributed by atoms with van der Waals surface area (Å²) in [6.45, 7) is 2.82. The van der Waals surface area contributed by atoms with E-state index in [2.05, 4.69) is 41.7 Å². The van der Waals surface area contributed by atoms with Gasteiger partial charge >= 0.3 is 0 Å². The predicted molar refractivity (Wildman–Crippen MR) is 124 cm³/mol. The summed E-state index contributed by atoms with van der Waals surface area (Å²) in [6.07, 6.45) is 7.52. The molecular weight excluding hydrogens is 447 g/mol. The van der Waals surface area contributed by atoms with Crippen molar-refractivity contribution in [2.24, 2.45) is 0 Å². The number of aromatic amines is 1. The number of hydrogen-bond donors (Lipinski definition) is 1. The second kappa shape index (κ2) is 8.86. The smallest absolute Gasteiger partial charge is 0.255 e. The van der Waals surface area contributed by atoms with Crippen LogP contribution in [0.15, 0.2) is 60.0 Å². The molecule has 0 radical (unpaired) electrons. The molecule has 4 aromatic rings. The summed E-state index contributed by atoms with van der Waals surface area (Å²) in [4.78, 5) is 30.6. The Hall–Kier alpha value is -3.00. The second-order valence-electron chi connectivity index (χ2n) is 7.80. The molecule has 1 aliphatic rings. The lowest BCUT2D eigenvalue weighted by molar-refractivity contribution is 0.236. The molecule has 32 heavy (non-hydrogen) atoms. The van der Waals surface area contributed by atoms with Crippen LogP contribution in [0.1, 0.15) is 22.5 Å². The van der Waals surface area contributed by atoms with E-state index >= 15 is 0 Å². The van der Waals surface area contributed by atoms with Crippen molar-refractivity contribution in [2.75, 3.05) is 6.54 Å². The van der Waals surface area contributed by atoms with Gasteiger partial charge in [-0.2, -0.15) is 0 Å². The summed E-state index contributed by atoms with van der Waals surface area (Å²) in [5.41, 5.74) is 4.41. The lowest BCUT2D eigenvalue weighted by atomic mass is 10.1. The molecule has 5 rings (SSSR count). The van der Waals surface area contributed by atoms with Crippen molar-refractivity contribution in [2.45, 2.75) is 26.1 Å². The largest absolute Gasteiger partial charge is 0.346 e. The third-order valence-electron chi connectivity index (χ3n) is 5.63. The van der Waals surface area contributed by atoms with Crippen LogP contribution < -0.4 is 5.56 Å². The Morgan fingerprint density at radius 1 is 1.06 bits per heavy atom. The molecule has 0 spiro atoms. The maximum atomic E-state index is 12.8. The first kappa shape index (κ1) is 20.9. The van der Waals surface area contributed by atoms with Gasteiger partial charge in [0.05, 0.1) is 26.9 Å². The quantitative estimate of drug-likeness (QED) is 0.481. The zero-order valence-corrected chi connectivity index (χ0v) is 18.6. The van der Waals surface area contributed by atoms with Crippen molar-refractivity contribution in [3.63, 3.8) is 0 Å². The fourth-order valence-electron chi connectivity index (χ4n) is 3.99. The Balaban J connectivity index is 1.33. The Kier molecular flexibility index (Phi) is 5.78. The highest BCUT2D eigenvalue weighted by Gasteiger charge is 2.22. The third-order valence-corrected chi connectivity index (χ3v) is 6.37. The van der Waals surface area contributed by atoms with Gasteiger partial charge < -0.3 is 9.55 Å². The number of benzene rings is 1. The van der Waals surface area contributed by atoms with Gasteiger partial charge in [-0.25, -0.2) is 15.0 Å². The average molecular weight is 467 g/mol. The second-order valence-corrected chi connectivity index (χ2v) is 8.62. The molecule has 0 saturated heterocycles. The van der Waals surface area contributed by atoms with Crippen molar-refractivity contribution in [1.29, 1.82) is 0 Å². The summed E-state index contributed by atoms with van der Waals surface area (Å²) >= 11 is 12.2. The number of H-pyrrole nitrogens is 1. The zero-order valence-electron chi connectivity index (χ0n) is 17.1. The predicted octanol–water partition coefficient (Wildman–Crippen LogP) is 3.94. The van der Waals surface area contributed by atoms with E-state index in [0.29, 0.717) is 40.9 Å². The van der Waals surface area contributed by atoms with Crippen LogP contribution in [0.4, 0.5) is 0 Å². The van der Waals surface area contributed by atoms with Crippen LogP contribution in [-0.2, 0) is 26.1 Å². The summed E-state index contributed by atoms with van der Waals surface area (Å²) in [5.74, 6) is 0.512. The minimum Gasteiger partial charge on any atom is -0.346 e. The van der Waals surface area contributed by atoms with Gasteiger partial charge in [-0.1, -0.05) is 29.3 Å². The maximum absolute atomic E-state index is 12.8. The average Bonchev–Trinajstić information content (AvgIpc) is 3.23. The van der Waals surface area contributed by atoms with Crippen molar-refractivity contribution in [1.82, 2.24) is 29.4 Å². The number of aromatic nitrogens is 5. The molecule has 162 valence electrons. The first-order chi connectivity index (χ1) is 15.6. The number of nitrogens with zero attached hydrogens (tertiary/aromatic N) is 5. The minimum atomic E-state index is -0.107. The Morgan fingerprint density at radius 3 is 2.72 bits per heavy atom. The zero-order chi connectivity index (χ0) is 22.1. The lowest BCUT2D eigenvalue weighted by Crippen LogP contribution is -2.36. The fraction of sp³-hybridized carbons (Fsp3) is 0.217. The van der Waals surface area contributed by atoms with Gasteiger partial charge in [0, 0.05) is 56.9 Å². The first-order valence-corrected chi connectivity index (χ1v) is 11.0. The molecule has 0 amide bonds. The van der Waals surface area contributed by atoms with Gasteiger partial charge in [-0.3, -0.25) is 9.69 Å². The molecule has 3 aromatic heterocycles. The van der Waals surface area contributed by atoms with Crippen molar-refractivity contribution in [3.8, 4) is 11.4 Å². The van der Waals surface area contributed by atoms with E-state index in [4.69, 9.17) is 23.2 Å². The maximum Gasteiger partial charge on any atom is 0.255 e. The van der Waals surface area contributed by atoms with Crippen LogP contribution in [0.5, 0.6) is 0 Å². The number of halogens is 2.